The minimum atomic E-state index is -4.49. The van der Waals surface area contributed by atoms with Crippen molar-refractivity contribution >= 4 is 15.7 Å². The molecule has 1 saturated carbocycles. The zero-order valence-electron chi connectivity index (χ0n) is 21.6. The molecule has 2 aromatic rings. The van der Waals surface area contributed by atoms with Crippen molar-refractivity contribution < 1.29 is 39.9 Å². The standard InChI is InChI=1S/C25H32F5N3O4S/c1-15-32-19(22(34)31-13-16-5-8-18(9-6-16)38(4,35)36)14-33(15)20-10-7-17(11-21(20)37-23(26)27)12-24(2,3)25(28,29)30/h7,10-11,14,16,18,23H,5-6,8-9,12-13H2,1-4H3,(H,31,34)/t16-,18-. The average molecular weight is 566 g/mol. The number of ether oxygens (including phenoxy) is 1. The van der Waals surface area contributed by atoms with Gasteiger partial charge in [-0.1, -0.05) is 19.9 Å². The molecule has 7 nitrogen and oxygen atoms in total. The second-order valence-corrected chi connectivity index (χ2v) is 12.8. The number of alkyl halides is 5. The number of sulfone groups is 1. The predicted molar refractivity (Wildman–Crippen MR) is 131 cm³/mol. The molecule has 212 valence electrons. The first-order valence-electron chi connectivity index (χ1n) is 12.2. The van der Waals surface area contributed by atoms with Gasteiger partial charge in [0.25, 0.3) is 5.91 Å². The summed E-state index contributed by atoms with van der Waals surface area (Å²) in [4.78, 5) is 16.9. The highest BCUT2D eigenvalue weighted by Crippen LogP contribution is 2.41. The van der Waals surface area contributed by atoms with Crippen molar-refractivity contribution in [2.75, 3.05) is 12.8 Å². The van der Waals surface area contributed by atoms with E-state index < -0.39 is 40.4 Å². The second-order valence-electron chi connectivity index (χ2n) is 10.5. The normalized spacial score (nSPS) is 19.0. The van der Waals surface area contributed by atoms with Crippen LogP contribution in [0.25, 0.3) is 5.69 Å². The molecule has 1 aromatic heterocycles. The summed E-state index contributed by atoms with van der Waals surface area (Å²) in [6.45, 7) is 0.720. The number of aromatic nitrogens is 2. The molecule has 3 rings (SSSR count). The molecule has 1 aromatic carbocycles. The number of nitrogens with one attached hydrogen (secondary N) is 1. The Balaban J connectivity index is 1.75. The van der Waals surface area contributed by atoms with Crippen LogP contribution in [0.15, 0.2) is 24.4 Å². The topological polar surface area (TPSA) is 90.3 Å². The Hall–Kier alpha value is -2.70. The quantitative estimate of drug-likeness (QED) is 0.420. The molecule has 38 heavy (non-hydrogen) atoms. The van der Waals surface area contributed by atoms with Crippen LogP contribution >= 0.6 is 0 Å². The Morgan fingerprint density at radius 1 is 1.18 bits per heavy atom. The molecule has 0 spiro atoms. The summed E-state index contributed by atoms with van der Waals surface area (Å²) in [5.41, 5.74) is -1.80. The van der Waals surface area contributed by atoms with Gasteiger partial charge in [0.2, 0.25) is 0 Å². The first kappa shape index (κ1) is 29.9. The maximum absolute atomic E-state index is 13.3. The van der Waals surface area contributed by atoms with Gasteiger partial charge in [0.15, 0.2) is 0 Å². The molecule has 0 saturated heterocycles. The van der Waals surface area contributed by atoms with Gasteiger partial charge >= 0.3 is 12.8 Å². The number of imidazole rings is 1. The van der Waals surface area contributed by atoms with E-state index in [1.54, 1.807) is 6.92 Å². The molecular formula is C25H32F5N3O4S. The monoisotopic (exact) mass is 565 g/mol. The van der Waals surface area contributed by atoms with Crippen LogP contribution < -0.4 is 10.1 Å². The fourth-order valence-corrected chi connectivity index (χ4v) is 5.71. The first-order valence-corrected chi connectivity index (χ1v) is 14.1. The molecule has 1 heterocycles. The van der Waals surface area contributed by atoms with Crippen LogP contribution in [0.1, 0.15) is 61.4 Å². The van der Waals surface area contributed by atoms with Crippen LogP contribution in [0.5, 0.6) is 5.75 Å². The number of rotatable bonds is 9. The van der Waals surface area contributed by atoms with E-state index in [-0.39, 0.29) is 39.7 Å². The SMILES string of the molecule is Cc1nc(C(=O)NC[C@H]2CC[C@H](S(C)(=O)=O)CC2)cn1-c1ccc(CC(C)(C)C(F)(F)F)cc1OC(F)F. The van der Waals surface area contributed by atoms with Crippen LogP contribution in [0.4, 0.5) is 22.0 Å². The van der Waals surface area contributed by atoms with Crippen molar-refractivity contribution in [1.29, 1.82) is 0 Å². The van der Waals surface area contributed by atoms with Gasteiger partial charge in [0, 0.05) is 19.0 Å². The van der Waals surface area contributed by atoms with Gasteiger partial charge in [0.05, 0.1) is 16.4 Å². The number of benzene rings is 1. The lowest BCUT2D eigenvalue weighted by Gasteiger charge is -2.28. The lowest BCUT2D eigenvalue weighted by Crippen LogP contribution is -2.34. The highest BCUT2D eigenvalue weighted by atomic mass is 32.2. The molecule has 13 heteroatoms. The van der Waals surface area contributed by atoms with Crippen molar-refractivity contribution in [2.45, 2.75) is 70.9 Å². The smallest absolute Gasteiger partial charge is 0.394 e. The molecule has 1 fully saturated rings. The lowest BCUT2D eigenvalue weighted by atomic mass is 9.85. The lowest BCUT2D eigenvalue weighted by molar-refractivity contribution is -0.211. The van der Waals surface area contributed by atoms with Gasteiger partial charge in [-0.3, -0.25) is 9.36 Å². The fraction of sp³-hybridized carbons (Fsp3) is 0.600. The Labute approximate surface area is 218 Å². The zero-order chi connectivity index (χ0) is 28.5. The maximum Gasteiger partial charge on any atom is 0.394 e. The van der Waals surface area contributed by atoms with Crippen LogP contribution in [0.2, 0.25) is 0 Å². The number of amides is 1. The predicted octanol–water partition coefficient (Wildman–Crippen LogP) is 5.25. The highest BCUT2D eigenvalue weighted by molar-refractivity contribution is 7.91. The Bertz CT molecular complexity index is 1250. The van der Waals surface area contributed by atoms with Crippen LogP contribution in [-0.2, 0) is 16.3 Å². The van der Waals surface area contributed by atoms with Crippen molar-refractivity contribution in [3.63, 3.8) is 0 Å². The molecule has 0 radical (unpaired) electrons. The minimum Gasteiger partial charge on any atom is -0.433 e. The molecule has 0 bridgehead atoms. The van der Waals surface area contributed by atoms with Gasteiger partial charge in [-0.15, -0.1) is 0 Å². The van der Waals surface area contributed by atoms with Gasteiger partial charge in [-0.05, 0) is 62.6 Å². The number of hydrogen-bond donors (Lipinski definition) is 1. The van der Waals surface area contributed by atoms with E-state index in [2.05, 4.69) is 15.0 Å². The van der Waals surface area contributed by atoms with E-state index in [9.17, 15) is 35.2 Å². The number of aryl methyl sites for hydroxylation is 1. The summed E-state index contributed by atoms with van der Waals surface area (Å²) >= 11 is 0. The van der Waals surface area contributed by atoms with Crippen molar-refractivity contribution in [3.05, 3.63) is 41.5 Å². The number of nitrogens with zero attached hydrogens (tertiary/aromatic N) is 2. The molecule has 1 amide bonds. The third-order valence-corrected chi connectivity index (χ3v) is 8.66. The molecule has 0 atom stereocenters. The Morgan fingerprint density at radius 2 is 1.82 bits per heavy atom. The van der Waals surface area contributed by atoms with E-state index in [0.717, 1.165) is 19.9 Å². The number of carbonyl (C=O) groups is 1. The summed E-state index contributed by atoms with van der Waals surface area (Å²) in [6.07, 6.45) is 0.0386. The molecule has 1 aliphatic rings. The first-order chi connectivity index (χ1) is 17.5. The van der Waals surface area contributed by atoms with E-state index in [1.807, 2.05) is 0 Å². The second kappa shape index (κ2) is 11.2. The van der Waals surface area contributed by atoms with Gasteiger partial charge in [-0.25, -0.2) is 13.4 Å². The largest absolute Gasteiger partial charge is 0.433 e. The summed E-state index contributed by atoms with van der Waals surface area (Å²) < 4.78 is 95.7. The summed E-state index contributed by atoms with van der Waals surface area (Å²) in [7, 11) is -3.09. The van der Waals surface area contributed by atoms with Gasteiger partial charge in [-0.2, -0.15) is 22.0 Å². The average Bonchev–Trinajstić information content (AvgIpc) is 3.17. The summed E-state index contributed by atoms with van der Waals surface area (Å²) in [5.74, 6) is -0.423. The van der Waals surface area contributed by atoms with Crippen molar-refractivity contribution in [1.82, 2.24) is 14.9 Å². The highest BCUT2D eigenvalue weighted by Gasteiger charge is 2.47. The third kappa shape index (κ3) is 7.23. The Morgan fingerprint density at radius 3 is 2.37 bits per heavy atom. The Kier molecular flexibility index (Phi) is 8.79. The number of halogens is 5. The van der Waals surface area contributed by atoms with Crippen LogP contribution in [0, 0.1) is 18.3 Å². The molecule has 1 aliphatic carbocycles. The third-order valence-electron chi connectivity index (χ3n) is 6.98. The molecule has 0 unspecified atom stereocenters. The number of hydrogen-bond acceptors (Lipinski definition) is 5. The van der Waals surface area contributed by atoms with Crippen LogP contribution in [-0.4, -0.2) is 54.7 Å². The fourth-order valence-electron chi connectivity index (χ4n) is 4.59. The van der Waals surface area contributed by atoms with E-state index in [4.69, 9.17) is 0 Å². The number of carbonyl (C=O) groups excluding carboxylic acids is 1. The molecule has 0 aliphatic heterocycles. The van der Waals surface area contributed by atoms with E-state index >= 15 is 0 Å². The summed E-state index contributed by atoms with van der Waals surface area (Å²) in [6, 6.07) is 3.89. The molecular weight excluding hydrogens is 533 g/mol. The van der Waals surface area contributed by atoms with Gasteiger partial charge < -0.3 is 10.1 Å². The minimum absolute atomic E-state index is 0.0256. The van der Waals surface area contributed by atoms with E-state index in [1.165, 1.54) is 29.2 Å². The van der Waals surface area contributed by atoms with Crippen LogP contribution in [0.3, 0.4) is 0 Å². The summed E-state index contributed by atoms with van der Waals surface area (Å²) in [5, 5.41) is 2.43. The van der Waals surface area contributed by atoms with Gasteiger partial charge in [0.1, 0.15) is 27.1 Å². The van der Waals surface area contributed by atoms with E-state index in [0.29, 0.717) is 32.2 Å². The van der Waals surface area contributed by atoms with Crippen molar-refractivity contribution in [2.24, 2.45) is 11.3 Å². The molecule has 1 N–H and O–H groups in total. The maximum atomic E-state index is 13.3. The zero-order valence-corrected chi connectivity index (χ0v) is 22.4. The van der Waals surface area contributed by atoms with Crippen molar-refractivity contribution in [3.8, 4) is 11.4 Å².